The fraction of sp³-hybridized carbons (Fsp3) is 0.600. The summed E-state index contributed by atoms with van der Waals surface area (Å²) in [7, 11) is 3.51. The molecular formula is C20H30FN5O. The third-order valence-corrected chi connectivity index (χ3v) is 5.32. The number of aliphatic imine (C=N–C) groups is 1. The summed E-state index contributed by atoms with van der Waals surface area (Å²) in [5.74, 6) is 0.639. The lowest BCUT2D eigenvalue weighted by Crippen LogP contribution is -2.54. The molecule has 1 aromatic rings. The van der Waals surface area contributed by atoms with E-state index in [-0.39, 0.29) is 18.3 Å². The number of likely N-dealkylation sites (N-methyl/N-ethyl adjacent to an activating group) is 1. The number of anilines is 1. The van der Waals surface area contributed by atoms with E-state index in [2.05, 4.69) is 20.1 Å². The molecule has 1 amide bonds. The van der Waals surface area contributed by atoms with Crippen LogP contribution in [-0.2, 0) is 4.79 Å². The lowest BCUT2D eigenvalue weighted by Gasteiger charge is -2.38. The fourth-order valence-corrected chi connectivity index (χ4v) is 3.60. The highest BCUT2D eigenvalue weighted by Crippen LogP contribution is 2.19. The van der Waals surface area contributed by atoms with Gasteiger partial charge in [-0.25, -0.2) is 9.38 Å². The van der Waals surface area contributed by atoms with Crippen LogP contribution >= 0.6 is 0 Å². The first kappa shape index (κ1) is 19.5. The highest BCUT2D eigenvalue weighted by atomic mass is 19.1. The molecule has 2 aliphatic rings. The summed E-state index contributed by atoms with van der Waals surface area (Å²) in [5.41, 5.74) is 1.04. The van der Waals surface area contributed by atoms with E-state index in [9.17, 15) is 9.18 Å². The first-order valence-electron chi connectivity index (χ1n) is 9.79. The Morgan fingerprint density at radius 1 is 1.15 bits per heavy atom. The third-order valence-electron chi connectivity index (χ3n) is 5.32. The molecule has 27 heavy (non-hydrogen) atoms. The van der Waals surface area contributed by atoms with E-state index in [0.717, 1.165) is 50.7 Å². The van der Waals surface area contributed by atoms with E-state index in [1.807, 2.05) is 12.1 Å². The maximum Gasteiger partial charge on any atom is 0.243 e. The zero-order chi connectivity index (χ0) is 19.2. The average molecular weight is 375 g/mol. The van der Waals surface area contributed by atoms with Gasteiger partial charge in [0.2, 0.25) is 5.91 Å². The van der Waals surface area contributed by atoms with Gasteiger partial charge in [0.25, 0.3) is 0 Å². The minimum absolute atomic E-state index is 0.00525. The van der Waals surface area contributed by atoms with Gasteiger partial charge in [-0.15, -0.1) is 0 Å². The molecule has 0 atom stereocenters. The number of nitrogens with zero attached hydrogens (tertiary/aromatic N) is 4. The van der Waals surface area contributed by atoms with Gasteiger partial charge in [-0.2, -0.15) is 0 Å². The quantitative estimate of drug-likeness (QED) is 0.645. The van der Waals surface area contributed by atoms with Crippen LogP contribution in [-0.4, -0.2) is 74.5 Å². The van der Waals surface area contributed by atoms with Crippen LogP contribution in [0.1, 0.15) is 25.7 Å². The number of benzene rings is 1. The molecule has 0 unspecified atom stereocenters. The SMILES string of the molecule is CN(C)C(=O)CN=C(NC1CCCC1)N1CCN(c2ccc(F)cc2)CC1. The summed E-state index contributed by atoms with van der Waals surface area (Å²) in [5, 5.41) is 3.58. The Morgan fingerprint density at radius 2 is 1.78 bits per heavy atom. The molecule has 1 N–H and O–H groups in total. The summed E-state index contributed by atoms with van der Waals surface area (Å²) < 4.78 is 13.1. The number of hydrogen-bond donors (Lipinski definition) is 1. The first-order valence-corrected chi connectivity index (χ1v) is 9.79. The molecule has 0 aromatic heterocycles. The number of carbonyl (C=O) groups is 1. The predicted molar refractivity (Wildman–Crippen MR) is 107 cm³/mol. The standard InChI is InChI=1S/C20H30FN5O/c1-24(2)19(27)15-22-20(23-17-5-3-4-6-17)26-13-11-25(12-14-26)18-9-7-16(21)8-10-18/h7-10,17H,3-6,11-15H2,1-2H3,(H,22,23). The number of halogens is 1. The lowest BCUT2D eigenvalue weighted by atomic mass is 10.2. The van der Waals surface area contributed by atoms with E-state index in [1.54, 1.807) is 19.0 Å². The Labute approximate surface area is 161 Å². The zero-order valence-corrected chi connectivity index (χ0v) is 16.3. The molecule has 2 fully saturated rings. The van der Waals surface area contributed by atoms with Crippen LogP contribution in [0.25, 0.3) is 0 Å². The Hall–Kier alpha value is -2.31. The van der Waals surface area contributed by atoms with Crippen LogP contribution in [0.2, 0.25) is 0 Å². The van der Waals surface area contributed by atoms with Gasteiger partial charge in [-0.05, 0) is 37.1 Å². The zero-order valence-electron chi connectivity index (χ0n) is 16.3. The maximum absolute atomic E-state index is 13.1. The largest absolute Gasteiger partial charge is 0.368 e. The number of amides is 1. The van der Waals surface area contributed by atoms with Gasteiger partial charge >= 0.3 is 0 Å². The van der Waals surface area contributed by atoms with Crippen LogP contribution in [0.4, 0.5) is 10.1 Å². The Kier molecular flexibility index (Phi) is 6.53. The number of piperazine rings is 1. The molecule has 1 saturated heterocycles. The number of rotatable bonds is 4. The molecule has 0 spiro atoms. The molecular weight excluding hydrogens is 345 g/mol. The summed E-state index contributed by atoms with van der Waals surface area (Å²) in [6.45, 7) is 3.51. The smallest absolute Gasteiger partial charge is 0.243 e. The Morgan fingerprint density at radius 3 is 2.37 bits per heavy atom. The molecule has 148 valence electrons. The molecule has 1 aliphatic carbocycles. The second kappa shape index (κ2) is 9.06. The highest BCUT2D eigenvalue weighted by Gasteiger charge is 2.23. The van der Waals surface area contributed by atoms with E-state index in [0.29, 0.717) is 6.04 Å². The van der Waals surface area contributed by atoms with E-state index < -0.39 is 0 Å². The van der Waals surface area contributed by atoms with Gasteiger partial charge < -0.3 is 20.0 Å². The predicted octanol–water partition coefficient (Wildman–Crippen LogP) is 1.92. The number of carbonyl (C=O) groups excluding carboxylic acids is 1. The molecule has 1 saturated carbocycles. The van der Waals surface area contributed by atoms with Crippen molar-refractivity contribution in [2.45, 2.75) is 31.7 Å². The second-order valence-electron chi connectivity index (χ2n) is 7.50. The average Bonchev–Trinajstić information content (AvgIpc) is 3.19. The van der Waals surface area contributed by atoms with Crippen LogP contribution in [0.3, 0.4) is 0 Å². The van der Waals surface area contributed by atoms with E-state index >= 15 is 0 Å². The van der Waals surface area contributed by atoms with Crippen molar-refractivity contribution in [1.82, 2.24) is 15.1 Å². The van der Waals surface area contributed by atoms with Crippen LogP contribution in [0.15, 0.2) is 29.3 Å². The van der Waals surface area contributed by atoms with Crippen molar-refractivity contribution >= 4 is 17.6 Å². The molecule has 1 aromatic carbocycles. The summed E-state index contributed by atoms with van der Waals surface area (Å²) in [6, 6.07) is 7.11. The highest BCUT2D eigenvalue weighted by molar-refractivity contribution is 5.85. The minimum Gasteiger partial charge on any atom is -0.368 e. The van der Waals surface area contributed by atoms with Crippen molar-refractivity contribution in [1.29, 1.82) is 0 Å². The molecule has 0 bridgehead atoms. The molecule has 0 radical (unpaired) electrons. The van der Waals surface area contributed by atoms with Gasteiger partial charge in [0.05, 0.1) is 0 Å². The first-order chi connectivity index (χ1) is 13.0. The van der Waals surface area contributed by atoms with Crippen molar-refractivity contribution in [3.05, 3.63) is 30.1 Å². The molecule has 6 nitrogen and oxygen atoms in total. The summed E-state index contributed by atoms with van der Waals surface area (Å²) >= 11 is 0. The molecule has 1 heterocycles. The summed E-state index contributed by atoms with van der Waals surface area (Å²) in [4.78, 5) is 22.6. The molecule has 7 heteroatoms. The van der Waals surface area contributed by atoms with Gasteiger partial charge in [-0.3, -0.25) is 4.79 Å². The second-order valence-corrected chi connectivity index (χ2v) is 7.50. The van der Waals surface area contributed by atoms with Crippen LogP contribution in [0, 0.1) is 5.82 Å². The van der Waals surface area contributed by atoms with Gasteiger partial charge in [0, 0.05) is 52.0 Å². The van der Waals surface area contributed by atoms with Crippen molar-refractivity contribution in [2.24, 2.45) is 4.99 Å². The van der Waals surface area contributed by atoms with Gasteiger partial charge in [0.1, 0.15) is 12.4 Å². The number of hydrogen-bond acceptors (Lipinski definition) is 3. The normalized spacial score (nSPS) is 18.7. The van der Waals surface area contributed by atoms with Crippen molar-refractivity contribution in [3.63, 3.8) is 0 Å². The van der Waals surface area contributed by atoms with E-state index in [1.165, 1.54) is 25.0 Å². The Balaban J connectivity index is 1.62. The minimum atomic E-state index is -0.210. The molecule has 3 rings (SSSR count). The topological polar surface area (TPSA) is 51.2 Å². The van der Waals surface area contributed by atoms with Crippen molar-refractivity contribution in [2.75, 3.05) is 51.7 Å². The summed E-state index contributed by atoms with van der Waals surface area (Å²) in [6.07, 6.45) is 4.83. The van der Waals surface area contributed by atoms with Crippen molar-refractivity contribution < 1.29 is 9.18 Å². The third kappa shape index (κ3) is 5.34. The van der Waals surface area contributed by atoms with Crippen molar-refractivity contribution in [3.8, 4) is 0 Å². The van der Waals surface area contributed by atoms with Crippen LogP contribution < -0.4 is 10.2 Å². The van der Waals surface area contributed by atoms with Crippen LogP contribution in [0.5, 0.6) is 0 Å². The Bertz CT molecular complexity index is 647. The number of guanidine groups is 1. The van der Waals surface area contributed by atoms with Gasteiger partial charge in [0.15, 0.2) is 5.96 Å². The fourth-order valence-electron chi connectivity index (χ4n) is 3.60. The van der Waals surface area contributed by atoms with E-state index in [4.69, 9.17) is 0 Å². The maximum atomic E-state index is 13.1. The molecule has 1 aliphatic heterocycles. The lowest BCUT2D eigenvalue weighted by molar-refractivity contribution is -0.127. The van der Waals surface area contributed by atoms with Gasteiger partial charge in [-0.1, -0.05) is 12.8 Å². The number of nitrogens with one attached hydrogen (secondary N) is 1. The monoisotopic (exact) mass is 375 g/mol.